The van der Waals surface area contributed by atoms with Crippen molar-refractivity contribution < 1.29 is 19.4 Å². The van der Waals surface area contributed by atoms with Crippen LogP contribution in [0.15, 0.2) is 83.5 Å². The number of halogens is 1. The van der Waals surface area contributed by atoms with Crippen LogP contribution in [0.3, 0.4) is 0 Å². The molecule has 0 aromatic heterocycles. The van der Waals surface area contributed by atoms with E-state index < -0.39 is 5.97 Å². The molecule has 0 radical (unpaired) electrons. The Bertz CT molecular complexity index is 1200. The minimum atomic E-state index is -1.01. The Morgan fingerprint density at radius 1 is 1.00 bits per heavy atom. The van der Waals surface area contributed by atoms with Crippen molar-refractivity contribution in [1.82, 2.24) is 0 Å². The molecule has 3 aromatic carbocycles. The van der Waals surface area contributed by atoms with E-state index >= 15 is 0 Å². The molecule has 0 saturated heterocycles. The predicted molar refractivity (Wildman–Crippen MR) is 120 cm³/mol. The molecular formula is C24H17ClN2O4. The summed E-state index contributed by atoms with van der Waals surface area (Å²) in [6.45, 7) is 0. The first-order valence-electron chi connectivity index (χ1n) is 9.34. The molecule has 0 atom stereocenters. The molecule has 0 unspecified atom stereocenters. The van der Waals surface area contributed by atoms with Crippen molar-refractivity contribution in [3.05, 3.63) is 100 Å². The number of amidine groups is 1. The van der Waals surface area contributed by atoms with Gasteiger partial charge in [0.2, 0.25) is 0 Å². The molecule has 0 spiro atoms. The van der Waals surface area contributed by atoms with E-state index in [1.165, 1.54) is 17.0 Å². The number of carboxylic acids is 1. The van der Waals surface area contributed by atoms with Crippen molar-refractivity contribution in [2.45, 2.75) is 0 Å². The number of ether oxygens (including phenoxy) is 1. The lowest BCUT2D eigenvalue weighted by molar-refractivity contribution is -0.113. The lowest BCUT2D eigenvalue weighted by atomic mass is 10.1. The van der Waals surface area contributed by atoms with Gasteiger partial charge < -0.3 is 9.84 Å². The average Bonchev–Trinajstić information content (AvgIpc) is 3.10. The number of carboxylic acid groups (broad SMARTS) is 1. The van der Waals surface area contributed by atoms with Gasteiger partial charge in [-0.05, 0) is 72.3 Å². The van der Waals surface area contributed by atoms with E-state index in [0.29, 0.717) is 27.9 Å². The maximum atomic E-state index is 13.3. The highest BCUT2D eigenvalue weighted by molar-refractivity contribution is 6.34. The van der Waals surface area contributed by atoms with Crippen LogP contribution in [0.4, 0.5) is 5.69 Å². The van der Waals surface area contributed by atoms with E-state index in [4.69, 9.17) is 21.4 Å². The van der Waals surface area contributed by atoms with Crippen molar-refractivity contribution in [3.8, 4) is 5.75 Å². The standard InChI is InChI=1S/C24H17ClN2O4/c1-31-20-12-6-16(7-13-20)22-26-21(14-15-2-4-17(5-3-15)24(29)30)23(28)27(22)19-10-8-18(25)9-11-19/h2-14H,1H3,(H,29,30)/b21-14+. The van der Waals surface area contributed by atoms with Crippen LogP contribution in [0.2, 0.25) is 5.02 Å². The minimum absolute atomic E-state index is 0.171. The molecule has 154 valence electrons. The molecule has 1 heterocycles. The fraction of sp³-hybridized carbons (Fsp3) is 0.0417. The molecule has 3 aromatic rings. The van der Waals surface area contributed by atoms with Crippen LogP contribution in [0, 0.1) is 0 Å². The highest BCUT2D eigenvalue weighted by Crippen LogP contribution is 2.29. The highest BCUT2D eigenvalue weighted by atomic mass is 35.5. The lowest BCUT2D eigenvalue weighted by Gasteiger charge is -2.18. The molecule has 1 aliphatic rings. The second kappa shape index (κ2) is 8.45. The first kappa shape index (κ1) is 20.4. The van der Waals surface area contributed by atoms with Gasteiger partial charge in [-0.3, -0.25) is 9.69 Å². The Morgan fingerprint density at radius 2 is 1.65 bits per heavy atom. The van der Waals surface area contributed by atoms with Crippen LogP contribution in [0.5, 0.6) is 5.75 Å². The van der Waals surface area contributed by atoms with Gasteiger partial charge in [0.05, 0.1) is 18.4 Å². The van der Waals surface area contributed by atoms with E-state index in [0.717, 1.165) is 5.56 Å². The second-order valence-corrected chi connectivity index (χ2v) is 7.17. The first-order chi connectivity index (χ1) is 15.0. The molecule has 1 N–H and O–H groups in total. The summed E-state index contributed by atoms with van der Waals surface area (Å²) < 4.78 is 5.22. The molecule has 0 saturated carbocycles. The van der Waals surface area contributed by atoms with Gasteiger partial charge in [0.15, 0.2) is 0 Å². The van der Waals surface area contributed by atoms with Crippen LogP contribution in [-0.2, 0) is 4.79 Å². The van der Waals surface area contributed by atoms with Gasteiger partial charge in [-0.1, -0.05) is 23.7 Å². The number of hydrogen-bond acceptors (Lipinski definition) is 4. The summed E-state index contributed by atoms with van der Waals surface area (Å²) in [7, 11) is 1.59. The molecule has 0 bridgehead atoms. The molecular weight excluding hydrogens is 416 g/mol. The Labute approximate surface area is 183 Å². The van der Waals surface area contributed by atoms with E-state index in [1.807, 2.05) is 12.1 Å². The summed E-state index contributed by atoms with van der Waals surface area (Å²) in [6.07, 6.45) is 1.63. The van der Waals surface area contributed by atoms with E-state index in [2.05, 4.69) is 4.99 Å². The first-order valence-corrected chi connectivity index (χ1v) is 9.72. The fourth-order valence-electron chi connectivity index (χ4n) is 3.16. The third kappa shape index (κ3) is 4.20. The van der Waals surface area contributed by atoms with Gasteiger partial charge >= 0.3 is 5.97 Å². The topological polar surface area (TPSA) is 79.2 Å². The zero-order valence-corrected chi connectivity index (χ0v) is 17.2. The van der Waals surface area contributed by atoms with Crippen molar-refractivity contribution in [3.63, 3.8) is 0 Å². The Morgan fingerprint density at radius 3 is 2.23 bits per heavy atom. The third-order valence-corrected chi connectivity index (χ3v) is 5.01. The monoisotopic (exact) mass is 432 g/mol. The van der Waals surface area contributed by atoms with Gasteiger partial charge in [0.1, 0.15) is 17.3 Å². The molecule has 31 heavy (non-hydrogen) atoms. The molecule has 0 aliphatic carbocycles. The normalized spacial score (nSPS) is 14.6. The number of nitrogens with zero attached hydrogens (tertiary/aromatic N) is 2. The van der Waals surface area contributed by atoms with Crippen LogP contribution in [-0.4, -0.2) is 29.9 Å². The smallest absolute Gasteiger partial charge is 0.335 e. The van der Waals surface area contributed by atoms with Crippen LogP contribution >= 0.6 is 11.6 Å². The third-order valence-electron chi connectivity index (χ3n) is 4.75. The minimum Gasteiger partial charge on any atom is -0.497 e. The van der Waals surface area contributed by atoms with Crippen LogP contribution in [0.1, 0.15) is 21.5 Å². The summed E-state index contributed by atoms with van der Waals surface area (Å²) in [5.41, 5.74) is 2.46. The Balaban J connectivity index is 1.77. The Kier molecular flexibility index (Phi) is 5.56. The van der Waals surface area contributed by atoms with Gasteiger partial charge in [-0.15, -0.1) is 0 Å². The van der Waals surface area contributed by atoms with Crippen molar-refractivity contribution >= 4 is 41.1 Å². The molecule has 7 heteroatoms. The number of carbonyl (C=O) groups excluding carboxylic acids is 1. The van der Waals surface area contributed by atoms with Gasteiger partial charge in [-0.25, -0.2) is 9.79 Å². The number of anilines is 1. The number of carbonyl (C=O) groups is 2. The Hall–Kier alpha value is -3.90. The molecule has 4 rings (SSSR count). The van der Waals surface area contributed by atoms with Crippen molar-refractivity contribution in [2.75, 3.05) is 12.0 Å². The largest absolute Gasteiger partial charge is 0.497 e. The number of hydrogen-bond donors (Lipinski definition) is 1. The quantitative estimate of drug-likeness (QED) is 0.582. The maximum Gasteiger partial charge on any atom is 0.335 e. The number of aliphatic imine (C=N–C) groups is 1. The molecule has 1 aliphatic heterocycles. The van der Waals surface area contributed by atoms with Gasteiger partial charge in [-0.2, -0.15) is 0 Å². The number of amides is 1. The zero-order valence-electron chi connectivity index (χ0n) is 16.4. The fourth-order valence-corrected chi connectivity index (χ4v) is 3.29. The second-order valence-electron chi connectivity index (χ2n) is 6.74. The van der Waals surface area contributed by atoms with Gasteiger partial charge in [0, 0.05) is 10.6 Å². The van der Waals surface area contributed by atoms with Crippen molar-refractivity contribution in [1.29, 1.82) is 0 Å². The summed E-state index contributed by atoms with van der Waals surface area (Å²) in [5.74, 6) is -0.135. The maximum absolute atomic E-state index is 13.3. The summed E-state index contributed by atoms with van der Waals surface area (Å²) >= 11 is 6.01. The molecule has 1 amide bonds. The summed E-state index contributed by atoms with van der Waals surface area (Å²) in [5, 5.41) is 9.63. The van der Waals surface area contributed by atoms with Crippen LogP contribution < -0.4 is 9.64 Å². The molecule has 0 fully saturated rings. The average molecular weight is 433 g/mol. The number of benzene rings is 3. The zero-order chi connectivity index (χ0) is 22.0. The van der Waals surface area contributed by atoms with Crippen LogP contribution in [0.25, 0.3) is 6.08 Å². The SMILES string of the molecule is COc1ccc(C2=N/C(=C/c3ccc(C(=O)O)cc3)C(=O)N2c2ccc(Cl)cc2)cc1. The lowest BCUT2D eigenvalue weighted by Crippen LogP contribution is -2.32. The van der Waals surface area contributed by atoms with E-state index in [9.17, 15) is 9.59 Å². The summed E-state index contributed by atoms with van der Waals surface area (Å²) in [6, 6.07) is 20.4. The van der Waals surface area contributed by atoms with Crippen molar-refractivity contribution in [2.24, 2.45) is 4.99 Å². The molecule has 6 nitrogen and oxygen atoms in total. The summed E-state index contributed by atoms with van der Waals surface area (Å²) in [4.78, 5) is 30.4. The number of methoxy groups -OCH3 is 1. The van der Waals surface area contributed by atoms with E-state index in [-0.39, 0.29) is 17.2 Å². The predicted octanol–water partition coefficient (Wildman–Crippen LogP) is 4.88. The van der Waals surface area contributed by atoms with E-state index in [1.54, 1.807) is 61.7 Å². The van der Waals surface area contributed by atoms with Gasteiger partial charge in [0.25, 0.3) is 5.91 Å². The number of aromatic carboxylic acids is 1. The number of rotatable bonds is 5. The highest BCUT2D eigenvalue weighted by Gasteiger charge is 2.32.